The van der Waals surface area contributed by atoms with Crippen molar-refractivity contribution < 1.29 is 18.3 Å². The highest BCUT2D eigenvalue weighted by Gasteiger charge is 2.42. The van der Waals surface area contributed by atoms with Crippen LogP contribution in [0.15, 0.2) is 41.5 Å². The van der Waals surface area contributed by atoms with E-state index < -0.39 is 29.0 Å². The molecular formula is C27H34F2N4O2S. The van der Waals surface area contributed by atoms with E-state index in [2.05, 4.69) is 4.98 Å². The second kappa shape index (κ2) is 11.9. The number of likely N-dealkylation sites (tertiary alicyclic amines) is 1. The average molecular weight is 517 g/mol. The summed E-state index contributed by atoms with van der Waals surface area (Å²) in [7, 11) is 1.51. The molecule has 6 nitrogen and oxygen atoms in total. The zero-order valence-electron chi connectivity index (χ0n) is 21.4. The number of aliphatic imine (C=N–C) groups is 1. The van der Waals surface area contributed by atoms with E-state index in [0.717, 1.165) is 25.9 Å². The number of hydrogen-bond donors (Lipinski definition) is 1. The van der Waals surface area contributed by atoms with Crippen LogP contribution in [-0.4, -0.2) is 47.4 Å². The lowest BCUT2D eigenvalue weighted by molar-refractivity contribution is -0.136. The molecule has 1 amide bonds. The highest BCUT2D eigenvalue weighted by atomic mass is 32.2. The summed E-state index contributed by atoms with van der Waals surface area (Å²) in [6, 6.07) is 7.48. The minimum Gasteiger partial charge on any atom is -0.495 e. The number of thioether (sulfide) groups is 1. The number of ether oxygens (including phenoxy) is 1. The van der Waals surface area contributed by atoms with E-state index in [1.807, 2.05) is 18.7 Å². The Labute approximate surface area is 216 Å². The normalized spacial score (nSPS) is 18.0. The van der Waals surface area contributed by atoms with Crippen molar-refractivity contribution in [2.75, 3.05) is 26.5 Å². The maximum Gasteiger partial charge on any atom is 0.225 e. The number of benzene rings is 1. The maximum absolute atomic E-state index is 15.3. The topological polar surface area (TPSA) is 80.8 Å². The molecule has 2 heterocycles. The molecule has 0 radical (unpaired) electrons. The van der Waals surface area contributed by atoms with Gasteiger partial charge in [-0.2, -0.15) is 0 Å². The van der Waals surface area contributed by atoms with Gasteiger partial charge in [-0.3, -0.25) is 9.79 Å². The second-order valence-corrected chi connectivity index (χ2v) is 10.1. The number of methoxy groups -OCH3 is 1. The van der Waals surface area contributed by atoms with E-state index in [4.69, 9.17) is 15.5 Å². The van der Waals surface area contributed by atoms with Crippen LogP contribution in [0.2, 0.25) is 0 Å². The summed E-state index contributed by atoms with van der Waals surface area (Å²) < 4.78 is 35.4. The Hall–Kier alpha value is -2.94. The van der Waals surface area contributed by atoms with E-state index in [1.54, 1.807) is 25.3 Å². The third-order valence-corrected chi connectivity index (χ3v) is 7.55. The predicted octanol–water partition coefficient (Wildman–Crippen LogP) is 5.48. The summed E-state index contributed by atoms with van der Waals surface area (Å²) in [5, 5.41) is 0.277. The van der Waals surface area contributed by atoms with Crippen molar-refractivity contribution in [1.29, 1.82) is 0 Å². The van der Waals surface area contributed by atoms with Crippen LogP contribution in [0, 0.1) is 17.7 Å². The summed E-state index contributed by atoms with van der Waals surface area (Å²) in [6.07, 6.45) is 6.48. The van der Waals surface area contributed by atoms with E-state index >= 15 is 4.39 Å². The molecule has 0 bridgehead atoms. The van der Waals surface area contributed by atoms with Gasteiger partial charge >= 0.3 is 0 Å². The number of hydrogen-bond acceptors (Lipinski definition) is 5. The fraction of sp³-hybridized carbons (Fsp3) is 0.444. The molecule has 3 rings (SSSR count). The van der Waals surface area contributed by atoms with Gasteiger partial charge < -0.3 is 15.4 Å². The number of pyridine rings is 1. The van der Waals surface area contributed by atoms with Gasteiger partial charge in [-0.25, -0.2) is 13.8 Å². The van der Waals surface area contributed by atoms with Crippen LogP contribution in [0.3, 0.4) is 0 Å². The van der Waals surface area contributed by atoms with Gasteiger partial charge in [-0.05, 0) is 67.8 Å². The van der Waals surface area contributed by atoms with Gasteiger partial charge in [0.1, 0.15) is 17.4 Å². The summed E-state index contributed by atoms with van der Waals surface area (Å²) in [6.45, 7) is 6.98. The van der Waals surface area contributed by atoms with Crippen LogP contribution in [-0.2, 0) is 10.3 Å². The van der Waals surface area contributed by atoms with Crippen LogP contribution in [0.4, 0.5) is 8.78 Å². The van der Waals surface area contributed by atoms with Gasteiger partial charge in [0.25, 0.3) is 0 Å². The zero-order valence-corrected chi connectivity index (χ0v) is 22.2. The minimum atomic E-state index is -1.16. The molecule has 0 unspecified atom stereocenters. The average Bonchev–Trinajstić information content (AvgIpc) is 3.43. The lowest BCUT2D eigenvalue weighted by atomic mass is 9.73. The zero-order chi connectivity index (χ0) is 26.5. The molecule has 0 spiro atoms. The molecule has 3 atom stereocenters. The number of rotatable bonds is 8. The quantitative estimate of drug-likeness (QED) is 0.371. The molecule has 1 aliphatic rings. The molecule has 1 aromatic heterocycles. The first-order valence-corrected chi connectivity index (χ1v) is 13.2. The van der Waals surface area contributed by atoms with Crippen molar-refractivity contribution >= 4 is 34.7 Å². The monoisotopic (exact) mass is 516 g/mol. The van der Waals surface area contributed by atoms with E-state index in [1.165, 1.54) is 49.3 Å². The fourth-order valence-electron chi connectivity index (χ4n) is 4.49. The smallest absolute Gasteiger partial charge is 0.225 e. The molecule has 0 saturated carbocycles. The van der Waals surface area contributed by atoms with Crippen LogP contribution >= 0.6 is 11.8 Å². The first-order valence-electron chi connectivity index (χ1n) is 12.0. The molecule has 9 heteroatoms. The Balaban J connectivity index is 2.02. The van der Waals surface area contributed by atoms with Crippen LogP contribution < -0.4 is 10.5 Å². The summed E-state index contributed by atoms with van der Waals surface area (Å²) in [4.78, 5) is 23.8. The Morgan fingerprint density at radius 3 is 2.56 bits per heavy atom. The predicted molar refractivity (Wildman–Crippen MR) is 143 cm³/mol. The van der Waals surface area contributed by atoms with Crippen LogP contribution in [0.1, 0.15) is 50.4 Å². The SMILES string of the molecule is COc1ccc(/C(F)=C/c2ccc(F)c([C@@](C)(N=C(N)SC)[C@H](C)[C@@H](C)C(=O)N3CCCC3)c2)nc1. The minimum absolute atomic E-state index is 0.0252. The number of aromatic nitrogens is 1. The van der Waals surface area contributed by atoms with Gasteiger partial charge in [-0.15, -0.1) is 0 Å². The number of halogens is 2. The van der Waals surface area contributed by atoms with Gasteiger partial charge in [0.05, 0.1) is 24.5 Å². The van der Waals surface area contributed by atoms with Crippen molar-refractivity contribution in [2.45, 2.75) is 39.2 Å². The van der Waals surface area contributed by atoms with E-state index in [0.29, 0.717) is 11.3 Å². The Bertz CT molecular complexity index is 1130. The number of amides is 1. The van der Waals surface area contributed by atoms with Crippen LogP contribution in [0.25, 0.3) is 11.9 Å². The molecule has 194 valence electrons. The first kappa shape index (κ1) is 27.6. The van der Waals surface area contributed by atoms with Gasteiger partial charge in [0.15, 0.2) is 5.17 Å². The highest BCUT2D eigenvalue weighted by molar-refractivity contribution is 8.13. The summed E-state index contributed by atoms with van der Waals surface area (Å²) in [5.41, 5.74) is 5.76. The molecule has 2 N–H and O–H groups in total. The van der Waals surface area contributed by atoms with Crippen molar-refractivity contribution in [3.05, 3.63) is 59.2 Å². The third-order valence-electron chi connectivity index (χ3n) is 7.04. The highest BCUT2D eigenvalue weighted by Crippen LogP contribution is 2.41. The largest absolute Gasteiger partial charge is 0.495 e. The molecule has 1 saturated heterocycles. The molecule has 1 aromatic carbocycles. The molecule has 2 aromatic rings. The van der Waals surface area contributed by atoms with Crippen LogP contribution in [0.5, 0.6) is 5.75 Å². The lowest BCUT2D eigenvalue weighted by Gasteiger charge is -2.37. The van der Waals surface area contributed by atoms with E-state index in [-0.39, 0.29) is 22.3 Å². The standard InChI is InChI=1S/C27H34F2N4O2S/c1-17(25(34)33-12-6-7-13-33)18(2)27(3,32-26(30)36-5)21-14-19(8-10-22(21)28)15-23(29)24-11-9-20(35-4)16-31-24/h8-11,14-18H,6-7,12-13H2,1-5H3,(H2,30,32)/b23-15-/t17-,18-,27+/m1/s1. The summed E-state index contributed by atoms with van der Waals surface area (Å²) in [5.74, 6) is -1.35. The molecule has 1 fully saturated rings. The van der Waals surface area contributed by atoms with Crippen molar-refractivity contribution in [3.8, 4) is 5.75 Å². The lowest BCUT2D eigenvalue weighted by Crippen LogP contribution is -2.42. The van der Waals surface area contributed by atoms with Crippen molar-refractivity contribution in [2.24, 2.45) is 22.6 Å². The van der Waals surface area contributed by atoms with Crippen molar-refractivity contribution in [1.82, 2.24) is 9.88 Å². The number of carbonyl (C=O) groups excluding carboxylic acids is 1. The van der Waals surface area contributed by atoms with Gasteiger partial charge in [-0.1, -0.05) is 31.7 Å². The maximum atomic E-state index is 15.3. The summed E-state index contributed by atoms with van der Waals surface area (Å²) >= 11 is 1.25. The Morgan fingerprint density at radius 1 is 1.28 bits per heavy atom. The molecule has 0 aliphatic carbocycles. The van der Waals surface area contributed by atoms with E-state index in [9.17, 15) is 9.18 Å². The fourth-order valence-corrected chi connectivity index (χ4v) is 4.77. The van der Waals surface area contributed by atoms with Crippen molar-refractivity contribution in [3.63, 3.8) is 0 Å². The van der Waals surface area contributed by atoms with Gasteiger partial charge in [0.2, 0.25) is 5.91 Å². The third kappa shape index (κ3) is 6.06. The van der Waals surface area contributed by atoms with Gasteiger partial charge in [0, 0.05) is 24.6 Å². The number of nitrogens with zero attached hydrogens (tertiary/aromatic N) is 3. The Morgan fingerprint density at radius 2 is 1.97 bits per heavy atom. The molecule has 36 heavy (non-hydrogen) atoms. The first-order chi connectivity index (χ1) is 17.1. The second-order valence-electron chi connectivity index (χ2n) is 9.23. The Kier molecular flexibility index (Phi) is 9.11. The number of amidine groups is 1. The number of carbonyl (C=O) groups is 1. The number of nitrogens with two attached hydrogens (primary N) is 1. The molecule has 1 aliphatic heterocycles. The molecular weight excluding hydrogens is 482 g/mol.